The molecule has 0 fully saturated rings. The fourth-order valence-corrected chi connectivity index (χ4v) is 4.25. The molecule has 2 aromatic heterocycles. The van der Waals surface area contributed by atoms with Gasteiger partial charge in [-0.05, 0) is 44.2 Å². The maximum absolute atomic E-state index is 13.0. The van der Waals surface area contributed by atoms with Crippen molar-refractivity contribution >= 4 is 56.2 Å². The fourth-order valence-electron chi connectivity index (χ4n) is 2.87. The van der Waals surface area contributed by atoms with Gasteiger partial charge in [0.25, 0.3) is 5.56 Å². The van der Waals surface area contributed by atoms with Gasteiger partial charge in [-0.3, -0.25) is 14.9 Å². The van der Waals surface area contributed by atoms with Crippen molar-refractivity contribution in [3.8, 4) is 5.13 Å². The Hall–Kier alpha value is -2.41. The molecule has 0 radical (unpaired) electrons. The number of rotatable bonds is 3. The topological polar surface area (TPSA) is 63.0 Å². The molecule has 0 saturated carbocycles. The first kappa shape index (κ1) is 18.0. The summed E-state index contributed by atoms with van der Waals surface area (Å²) in [5.41, 5.74) is 3.00. The second-order valence-electron chi connectivity index (χ2n) is 6.01. The lowest BCUT2D eigenvalue weighted by molar-refractivity contribution is 0.829. The number of thiazole rings is 1. The Kier molecular flexibility index (Phi) is 4.63. The maximum atomic E-state index is 13.0. The minimum absolute atomic E-state index is 0.196. The van der Waals surface area contributed by atoms with Gasteiger partial charge in [0.15, 0.2) is 0 Å². The van der Waals surface area contributed by atoms with E-state index in [9.17, 15) is 4.79 Å². The van der Waals surface area contributed by atoms with E-state index >= 15 is 0 Å². The average molecular weight is 417 g/mol. The minimum Gasteiger partial charge on any atom is -0.293 e. The van der Waals surface area contributed by atoms with Crippen molar-refractivity contribution in [1.29, 1.82) is 0 Å². The van der Waals surface area contributed by atoms with Crippen molar-refractivity contribution in [3.05, 3.63) is 74.1 Å². The van der Waals surface area contributed by atoms with Crippen molar-refractivity contribution < 1.29 is 0 Å². The molecular formula is C19H14Cl2N4OS. The van der Waals surface area contributed by atoms with Gasteiger partial charge in [-0.15, -0.1) is 0 Å². The molecule has 2 heterocycles. The molecule has 136 valence electrons. The number of H-pyrrole nitrogens is 1. The molecule has 0 spiro atoms. The van der Waals surface area contributed by atoms with Crippen LogP contribution in [-0.4, -0.2) is 20.5 Å². The molecule has 0 unspecified atom stereocenters. The van der Waals surface area contributed by atoms with Crippen LogP contribution < -0.4 is 5.56 Å². The molecule has 0 aliphatic heterocycles. The number of benzene rings is 2. The molecule has 0 amide bonds. The summed E-state index contributed by atoms with van der Waals surface area (Å²) in [5, 5.41) is 4.66. The lowest BCUT2D eigenvalue weighted by atomic mass is 10.2. The number of halogens is 2. The van der Waals surface area contributed by atoms with Crippen LogP contribution in [0.4, 0.5) is 5.69 Å². The van der Waals surface area contributed by atoms with Gasteiger partial charge in [0.05, 0.1) is 32.2 Å². The Morgan fingerprint density at radius 2 is 2.00 bits per heavy atom. The number of fused-ring (bicyclic) bond motifs is 1. The second-order valence-corrected chi connectivity index (χ2v) is 7.86. The molecule has 2 aromatic carbocycles. The number of para-hydroxylation sites is 1. The van der Waals surface area contributed by atoms with Crippen LogP contribution in [0.2, 0.25) is 10.0 Å². The quantitative estimate of drug-likeness (QED) is 0.446. The van der Waals surface area contributed by atoms with Gasteiger partial charge in [0, 0.05) is 10.7 Å². The molecule has 0 saturated heterocycles. The Morgan fingerprint density at radius 1 is 1.22 bits per heavy atom. The van der Waals surface area contributed by atoms with E-state index in [4.69, 9.17) is 23.2 Å². The predicted molar refractivity (Wildman–Crippen MR) is 113 cm³/mol. The van der Waals surface area contributed by atoms with Crippen molar-refractivity contribution in [2.45, 2.75) is 13.8 Å². The van der Waals surface area contributed by atoms with Crippen molar-refractivity contribution in [1.82, 2.24) is 14.8 Å². The van der Waals surface area contributed by atoms with Gasteiger partial charge in [-0.1, -0.05) is 46.7 Å². The molecule has 0 bridgehead atoms. The number of aliphatic imine (C=N–C) groups is 1. The number of aromatic nitrogens is 3. The number of hydrogen-bond donors (Lipinski definition) is 1. The highest BCUT2D eigenvalue weighted by atomic mass is 35.5. The molecule has 8 heteroatoms. The highest BCUT2D eigenvalue weighted by molar-refractivity contribution is 7.20. The Bertz CT molecular complexity index is 1220. The van der Waals surface area contributed by atoms with E-state index in [0.717, 1.165) is 10.2 Å². The second kappa shape index (κ2) is 6.96. The first-order valence-electron chi connectivity index (χ1n) is 8.12. The number of hydrogen-bond acceptors (Lipinski definition) is 4. The Balaban J connectivity index is 1.80. The number of nitrogens with zero attached hydrogens (tertiary/aromatic N) is 3. The Morgan fingerprint density at radius 3 is 2.74 bits per heavy atom. The summed E-state index contributed by atoms with van der Waals surface area (Å²) in [6.07, 6.45) is 0. The zero-order valence-electron chi connectivity index (χ0n) is 14.5. The van der Waals surface area contributed by atoms with E-state index in [0.29, 0.717) is 37.8 Å². The number of aromatic amines is 1. The molecule has 5 nitrogen and oxygen atoms in total. The SMILES string of the molecule is CC(=Nc1ccc(Cl)cc1Cl)c1c(C)[nH]n(-c2nc3ccccc3s2)c1=O. The van der Waals surface area contributed by atoms with Gasteiger partial charge in [-0.2, -0.15) is 4.68 Å². The van der Waals surface area contributed by atoms with Gasteiger partial charge in [0.2, 0.25) is 5.13 Å². The molecular weight excluding hydrogens is 403 g/mol. The summed E-state index contributed by atoms with van der Waals surface area (Å²) >= 11 is 13.6. The first-order chi connectivity index (χ1) is 12.9. The van der Waals surface area contributed by atoms with E-state index in [1.165, 1.54) is 16.0 Å². The summed E-state index contributed by atoms with van der Waals surface area (Å²) in [4.78, 5) is 22.1. The van der Waals surface area contributed by atoms with E-state index in [-0.39, 0.29) is 5.56 Å². The zero-order chi connectivity index (χ0) is 19.1. The van der Waals surface area contributed by atoms with Crippen molar-refractivity contribution in [2.75, 3.05) is 0 Å². The normalized spacial score (nSPS) is 12.1. The van der Waals surface area contributed by atoms with Gasteiger partial charge < -0.3 is 0 Å². The van der Waals surface area contributed by atoms with E-state index in [2.05, 4.69) is 15.1 Å². The third-order valence-corrected chi connectivity index (χ3v) is 5.66. The molecule has 4 aromatic rings. The van der Waals surface area contributed by atoms with Crippen molar-refractivity contribution in [3.63, 3.8) is 0 Å². The van der Waals surface area contributed by atoms with Crippen LogP contribution in [0.15, 0.2) is 52.3 Å². The maximum Gasteiger partial charge on any atom is 0.282 e. The van der Waals surface area contributed by atoms with Gasteiger partial charge in [0.1, 0.15) is 0 Å². The number of nitrogens with one attached hydrogen (secondary N) is 1. The standard InChI is InChI=1S/C19H14Cl2N4OS/c1-10(22-14-8-7-12(20)9-13(14)21)17-11(2)24-25(18(17)26)19-23-15-5-3-4-6-16(15)27-19/h3-9,24H,1-2H3. The Labute approximate surface area is 168 Å². The van der Waals surface area contributed by atoms with Gasteiger partial charge in [-0.25, -0.2) is 4.98 Å². The summed E-state index contributed by atoms with van der Waals surface area (Å²) in [5.74, 6) is 0. The first-order valence-corrected chi connectivity index (χ1v) is 9.69. The summed E-state index contributed by atoms with van der Waals surface area (Å²) in [6.45, 7) is 3.62. The molecule has 1 N–H and O–H groups in total. The highest BCUT2D eigenvalue weighted by Gasteiger charge is 2.17. The summed E-state index contributed by atoms with van der Waals surface area (Å²) < 4.78 is 2.48. The van der Waals surface area contributed by atoms with Crippen molar-refractivity contribution in [2.24, 2.45) is 4.99 Å². The third-order valence-electron chi connectivity index (χ3n) is 4.11. The van der Waals surface area contributed by atoms with Crippen LogP contribution in [0.25, 0.3) is 15.3 Å². The smallest absolute Gasteiger partial charge is 0.282 e. The van der Waals surface area contributed by atoms with Crippen LogP contribution in [0.5, 0.6) is 0 Å². The van der Waals surface area contributed by atoms with E-state index < -0.39 is 0 Å². The summed E-state index contributed by atoms with van der Waals surface area (Å²) in [7, 11) is 0. The minimum atomic E-state index is -0.196. The molecule has 4 rings (SSSR count). The zero-order valence-corrected chi connectivity index (χ0v) is 16.8. The molecule has 0 aliphatic carbocycles. The third kappa shape index (κ3) is 3.32. The summed E-state index contributed by atoms with van der Waals surface area (Å²) in [6, 6.07) is 12.8. The van der Waals surface area contributed by atoms with Crippen LogP contribution in [0.3, 0.4) is 0 Å². The number of aryl methyl sites for hydroxylation is 1. The average Bonchev–Trinajstić information content (AvgIpc) is 3.17. The predicted octanol–water partition coefficient (Wildman–Crippen LogP) is 5.53. The largest absolute Gasteiger partial charge is 0.293 e. The van der Waals surface area contributed by atoms with Gasteiger partial charge >= 0.3 is 0 Å². The lowest BCUT2D eigenvalue weighted by Gasteiger charge is -2.01. The van der Waals surface area contributed by atoms with Crippen LogP contribution >= 0.6 is 34.5 Å². The van der Waals surface area contributed by atoms with Crippen LogP contribution in [0, 0.1) is 6.92 Å². The van der Waals surface area contributed by atoms with E-state index in [1.54, 1.807) is 25.1 Å². The molecule has 27 heavy (non-hydrogen) atoms. The fraction of sp³-hybridized carbons (Fsp3) is 0.105. The highest BCUT2D eigenvalue weighted by Crippen LogP contribution is 2.29. The van der Waals surface area contributed by atoms with E-state index in [1.807, 2.05) is 31.2 Å². The molecule has 0 atom stereocenters. The van der Waals surface area contributed by atoms with Crippen LogP contribution in [0.1, 0.15) is 18.2 Å². The lowest BCUT2D eigenvalue weighted by Crippen LogP contribution is -2.19. The van der Waals surface area contributed by atoms with Crippen LogP contribution in [-0.2, 0) is 0 Å². The molecule has 0 aliphatic rings. The monoisotopic (exact) mass is 416 g/mol.